The second-order valence-electron chi connectivity index (χ2n) is 4.10. The third-order valence-electron chi connectivity index (χ3n) is 2.54. The highest BCUT2D eigenvalue weighted by molar-refractivity contribution is 5.29. The molecule has 5 heteroatoms. The molecule has 0 aromatic heterocycles. The zero-order valence-corrected chi connectivity index (χ0v) is 10.6. The quantitative estimate of drug-likeness (QED) is 0.849. The lowest BCUT2D eigenvalue weighted by Crippen LogP contribution is -2.30. The van der Waals surface area contributed by atoms with Gasteiger partial charge in [0, 0.05) is 19.2 Å². The Balaban J connectivity index is 2.62. The van der Waals surface area contributed by atoms with Gasteiger partial charge in [-0.2, -0.15) is 13.2 Å². The molecule has 102 valence electrons. The van der Waals surface area contributed by atoms with Crippen LogP contribution in [-0.2, 0) is 17.5 Å². The monoisotopic (exact) mass is 261 g/mol. The summed E-state index contributed by atoms with van der Waals surface area (Å²) in [5.74, 6) is 0. The molecule has 0 aliphatic carbocycles. The van der Waals surface area contributed by atoms with E-state index in [1.807, 2.05) is 13.8 Å². The molecule has 0 saturated heterocycles. The predicted molar refractivity (Wildman–Crippen MR) is 64.2 cm³/mol. The molecule has 0 aliphatic rings. The van der Waals surface area contributed by atoms with Gasteiger partial charge < -0.3 is 10.1 Å². The topological polar surface area (TPSA) is 21.3 Å². The number of hydrogen-bond acceptors (Lipinski definition) is 2. The average molecular weight is 261 g/mol. The molecule has 1 aromatic rings. The lowest BCUT2D eigenvalue weighted by atomic mass is 10.1. The lowest BCUT2D eigenvalue weighted by molar-refractivity contribution is -0.138. The summed E-state index contributed by atoms with van der Waals surface area (Å²) in [6.45, 7) is 5.04. The van der Waals surface area contributed by atoms with E-state index >= 15 is 0 Å². The highest BCUT2D eigenvalue weighted by Gasteiger charge is 2.32. The van der Waals surface area contributed by atoms with Crippen molar-refractivity contribution in [2.75, 3.05) is 13.2 Å². The molecule has 1 atom stereocenters. The van der Waals surface area contributed by atoms with E-state index in [9.17, 15) is 13.2 Å². The fourth-order valence-electron chi connectivity index (χ4n) is 1.59. The summed E-state index contributed by atoms with van der Waals surface area (Å²) in [7, 11) is 0. The van der Waals surface area contributed by atoms with Crippen molar-refractivity contribution in [2.45, 2.75) is 32.6 Å². The second-order valence-corrected chi connectivity index (χ2v) is 4.10. The van der Waals surface area contributed by atoms with Gasteiger partial charge in [-0.3, -0.25) is 0 Å². The van der Waals surface area contributed by atoms with Gasteiger partial charge in [0.25, 0.3) is 0 Å². The molecule has 0 spiro atoms. The summed E-state index contributed by atoms with van der Waals surface area (Å²) >= 11 is 0. The van der Waals surface area contributed by atoms with Gasteiger partial charge in [0.15, 0.2) is 0 Å². The molecule has 2 nitrogen and oxygen atoms in total. The van der Waals surface area contributed by atoms with E-state index in [2.05, 4.69) is 5.32 Å². The zero-order valence-electron chi connectivity index (χ0n) is 10.6. The molecule has 1 unspecified atom stereocenters. The van der Waals surface area contributed by atoms with Gasteiger partial charge in [0.2, 0.25) is 0 Å². The van der Waals surface area contributed by atoms with E-state index < -0.39 is 11.7 Å². The summed E-state index contributed by atoms with van der Waals surface area (Å²) in [6, 6.07) is 5.62. The number of hydrogen-bond donors (Lipinski definition) is 1. The van der Waals surface area contributed by atoms with Crippen molar-refractivity contribution in [1.29, 1.82) is 0 Å². The van der Waals surface area contributed by atoms with Crippen LogP contribution in [0.15, 0.2) is 24.3 Å². The van der Waals surface area contributed by atoms with E-state index in [0.717, 1.165) is 6.07 Å². The Hall–Kier alpha value is -1.07. The molecule has 0 amide bonds. The highest BCUT2D eigenvalue weighted by atomic mass is 19.4. The van der Waals surface area contributed by atoms with Crippen molar-refractivity contribution in [1.82, 2.24) is 5.32 Å². The van der Waals surface area contributed by atoms with E-state index in [4.69, 9.17) is 4.74 Å². The van der Waals surface area contributed by atoms with Gasteiger partial charge in [0.05, 0.1) is 12.2 Å². The van der Waals surface area contributed by atoms with Gasteiger partial charge in [-0.1, -0.05) is 18.2 Å². The Kier molecular flexibility index (Phi) is 5.62. The minimum Gasteiger partial charge on any atom is -0.380 e. The van der Waals surface area contributed by atoms with Crippen molar-refractivity contribution >= 4 is 0 Å². The Morgan fingerprint density at radius 2 is 1.94 bits per heavy atom. The van der Waals surface area contributed by atoms with Gasteiger partial charge in [-0.25, -0.2) is 0 Å². The molecule has 1 aromatic carbocycles. The molecule has 0 saturated carbocycles. The van der Waals surface area contributed by atoms with Crippen LogP contribution in [0, 0.1) is 0 Å². The van der Waals surface area contributed by atoms with Crippen molar-refractivity contribution in [2.24, 2.45) is 0 Å². The average Bonchev–Trinajstić information content (AvgIpc) is 2.33. The zero-order chi connectivity index (χ0) is 13.6. The Morgan fingerprint density at radius 3 is 2.56 bits per heavy atom. The maximum atomic E-state index is 12.7. The molecule has 0 fully saturated rings. The third-order valence-corrected chi connectivity index (χ3v) is 2.54. The van der Waals surface area contributed by atoms with Crippen LogP contribution in [0.3, 0.4) is 0 Å². The number of nitrogens with one attached hydrogen (secondary N) is 1. The first-order chi connectivity index (χ1) is 8.45. The highest BCUT2D eigenvalue weighted by Crippen LogP contribution is 2.31. The van der Waals surface area contributed by atoms with Crippen LogP contribution in [0.2, 0.25) is 0 Å². The van der Waals surface area contributed by atoms with E-state index in [-0.39, 0.29) is 18.2 Å². The summed E-state index contributed by atoms with van der Waals surface area (Å²) in [5, 5.41) is 3.02. The molecular weight excluding hydrogens is 243 g/mol. The summed E-state index contributed by atoms with van der Waals surface area (Å²) in [4.78, 5) is 0. The van der Waals surface area contributed by atoms with Gasteiger partial charge in [-0.15, -0.1) is 0 Å². The van der Waals surface area contributed by atoms with Crippen molar-refractivity contribution in [3.05, 3.63) is 35.4 Å². The Bertz CT molecular complexity index is 365. The maximum absolute atomic E-state index is 12.7. The molecular formula is C13H18F3NO. The molecule has 0 aliphatic heterocycles. The summed E-state index contributed by atoms with van der Waals surface area (Å²) < 4.78 is 43.4. The van der Waals surface area contributed by atoms with Crippen molar-refractivity contribution < 1.29 is 17.9 Å². The van der Waals surface area contributed by atoms with Crippen LogP contribution >= 0.6 is 0 Å². The fraction of sp³-hybridized carbons (Fsp3) is 0.538. The number of alkyl halides is 3. The first kappa shape index (κ1) is 15.0. The van der Waals surface area contributed by atoms with Crippen molar-refractivity contribution in [3.8, 4) is 0 Å². The number of rotatable bonds is 6. The minimum atomic E-state index is -4.30. The van der Waals surface area contributed by atoms with Gasteiger partial charge >= 0.3 is 6.18 Å². The molecule has 1 rings (SSSR count). The van der Waals surface area contributed by atoms with Crippen molar-refractivity contribution in [3.63, 3.8) is 0 Å². The van der Waals surface area contributed by atoms with Crippen LogP contribution < -0.4 is 5.32 Å². The van der Waals surface area contributed by atoms with Crippen LogP contribution in [0.25, 0.3) is 0 Å². The first-order valence-electron chi connectivity index (χ1n) is 5.91. The molecule has 0 radical (unpaired) electrons. The first-order valence-corrected chi connectivity index (χ1v) is 5.91. The smallest absolute Gasteiger partial charge is 0.380 e. The fourth-order valence-corrected chi connectivity index (χ4v) is 1.59. The Morgan fingerprint density at radius 1 is 1.28 bits per heavy atom. The molecule has 1 N–H and O–H groups in total. The van der Waals surface area contributed by atoms with Crippen LogP contribution in [-0.4, -0.2) is 19.3 Å². The van der Waals surface area contributed by atoms with Crippen LogP contribution in [0.5, 0.6) is 0 Å². The minimum absolute atomic E-state index is 0.0197. The number of halogens is 3. The second kappa shape index (κ2) is 6.75. The maximum Gasteiger partial charge on any atom is 0.416 e. The normalized spacial score (nSPS) is 13.6. The van der Waals surface area contributed by atoms with Gasteiger partial charge in [0.1, 0.15) is 0 Å². The van der Waals surface area contributed by atoms with Gasteiger partial charge in [-0.05, 0) is 25.5 Å². The lowest BCUT2D eigenvalue weighted by Gasteiger charge is -2.16. The van der Waals surface area contributed by atoms with E-state index in [0.29, 0.717) is 13.2 Å². The third kappa shape index (κ3) is 4.66. The molecule has 0 bridgehead atoms. The largest absolute Gasteiger partial charge is 0.416 e. The van der Waals surface area contributed by atoms with Crippen LogP contribution in [0.4, 0.5) is 13.2 Å². The van der Waals surface area contributed by atoms with Crippen LogP contribution in [0.1, 0.15) is 25.0 Å². The number of ether oxygens (including phenoxy) is 1. The van der Waals surface area contributed by atoms with E-state index in [1.165, 1.54) is 12.1 Å². The summed E-state index contributed by atoms with van der Waals surface area (Å²) in [5.41, 5.74) is -0.325. The molecule has 0 heterocycles. The predicted octanol–water partition coefficient (Wildman–Crippen LogP) is 3.22. The number of benzene rings is 1. The summed E-state index contributed by atoms with van der Waals surface area (Å²) in [6.07, 6.45) is -4.30. The Labute approximate surface area is 105 Å². The SMILES string of the molecule is CCOCC(C)NCc1ccccc1C(F)(F)F. The molecule has 18 heavy (non-hydrogen) atoms. The van der Waals surface area contributed by atoms with E-state index in [1.54, 1.807) is 6.07 Å². The standard InChI is InChI=1S/C13H18F3NO/c1-3-18-9-10(2)17-8-11-6-4-5-7-12(11)13(14,15)16/h4-7,10,17H,3,8-9H2,1-2H3.